The fourth-order valence-electron chi connectivity index (χ4n) is 3.14. The topological polar surface area (TPSA) is 36.4 Å². The van der Waals surface area contributed by atoms with E-state index in [0.29, 0.717) is 44.8 Å². The lowest BCUT2D eigenvalue weighted by molar-refractivity contribution is -0.144. The molecule has 114 valence electrons. The highest BCUT2D eigenvalue weighted by Gasteiger charge is 2.44. The molecule has 2 fully saturated rings. The molecule has 0 spiro atoms. The van der Waals surface area contributed by atoms with Gasteiger partial charge in [0, 0.05) is 26.2 Å². The van der Waals surface area contributed by atoms with Crippen molar-refractivity contribution in [3.63, 3.8) is 0 Å². The number of halogens is 2. The Bertz CT molecular complexity index is 523. The predicted octanol–water partition coefficient (Wildman–Crippen LogP) is 2.15. The molecule has 1 saturated carbocycles. The van der Waals surface area contributed by atoms with Crippen LogP contribution in [0.5, 0.6) is 0 Å². The number of carbonyl (C=O) groups excluding carboxylic acids is 1. The van der Waals surface area contributed by atoms with E-state index in [1.54, 1.807) is 17.0 Å². The summed E-state index contributed by atoms with van der Waals surface area (Å²) in [6.07, 6.45) is 2.26. The predicted molar refractivity (Wildman–Crippen MR) is 75.3 cm³/mol. The van der Waals surface area contributed by atoms with Gasteiger partial charge in [-0.15, -0.1) is 0 Å². The SMILES string of the molecule is O=C(N1CCN(c2cccc(F)n2)CC1)C1(F)CCCC1. The van der Waals surface area contributed by atoms with E-state index in [1.165, 1.54) is 6.07 Å². The van der Waals surface area contributed by atoms with Crippen molar-refractivity contribution in [2.24, 2.45) is 0 Å². The van der Waals surface area contributed by atoms with Crippen LogP contribution in [0.15, 0.2) is 18.2 Å². The lowest BCUT2D eigenvalue weighted by Crippen LogP contribution is -2.54. The minimum Gasteiger partial charge on any atom is -0.353 e. The number of hydrogen-bond donors (Lipinski definition) is 0. The van der Waals surface area contributed by atoms with Gasteiger partial charge in [0.05, 0.1) is 0 Å². The quantitative estimate of drug-likeness (QED) is 0.785. The van der Waals surface area contributed by atoms with Gasteiger partial charge in [0.15, 0.2) is 5.67 Å². The van der Waals surface area contributed by atoms with Gasteiger partial charge in [0.25, 0.3) is 5.91 Å². The summed E-state index contributed by atoms with van der Waals surface area (Å²) in [5.74, 6) is -0.315. The summed E-state index contributed by atoms with van der Waals surface area (Å²) in [7, 11) is 0. The molecule has 0 atom stereocenters. The summed E-state index contributed by atoms with van der Waals surface area (Å²) in [4.78, 5) is 19.6. The smallest absolute Gasteiger partial charge is 0.260 e. The Balaban J connectivity index is 1.61. The second-order valence-corrected chi connectivity index (χ2v) is 5.77. The molecule has 0 N–H and O–H groups in total. The van der Waals surface area contributed by atoms with E-state index in [1.807, 2.05) is 4.90 Å². The van der Waals surface area contributed by atoms with E-state index in [9.17, 15) is 13.6 Å². The van der Waals surface area contributed by atoms with Crippen molar-refractivity contribution in [2.75, 3.05) is 31.1 Å². The van der Waals surface area contributed by atoms with Gasteiger partial charge in [-0.05, 0) is 37.8 Å². The molecule has 3 rings (SSSR count). The Morgan fingerprint density at radius 1 is 1.14 bits per heavy atom. The Morgan fingerprint density at radius 3 is 2.43 bits per heavy atom. The lowest BCUT2D eigenvalue weighted by atomic mass is 10.0. The zero-order valence-corrected chi connectivity index (χ0v) is 11.9. The molecule has 2 aliphatic rings. The fourth-order valence-corrected chi connectivity index (χ4v) is 3.14. The van der Waals surface area contributed by atoms with Crippen LogP contribution in [-0.4, -0.2) is 47.6 Å². The fraction of sp³-hybridized carbons (Fsp3) is 0.600. The molecule has 4 nitrogen and oxygen atoms in total. The van der Waals surface area contributed by atoms with Crippen LogP contribution < -0.4 is 4.90 Å². The summed E-state index contributed by atoms with van der Waals surface area (Å²) >= 11 is 0. The van der Waals surface area contributed by atoms with E-state index < -0.39 is 11.6 Å². The van der Waals surface area contributed by atoms with Gasteiger partial charge in [-0.3, -0.25) is 4.79 Å². The number of amides is 1. The van der Waals surface area contributed by atoms with Crippen molar-refractivity contribution in [2.45, 2.75) is 31.4 Å². The van der Waals surface area contributed by atoms with E-state index in [4.69, 9.17) is 0 Å². The van der Waals surface area contributed by atoms with Crippen LogP contribution >= 0.6 is 0 Å². The van der Waals surface area contributed by atoms with Crippen molar-refractivity contribution in [1.29, 1.82) is 0 Å². The maximum absolute atomic E-state index is 14.5. The van der Waals surface area contributed by atoms with E-state index in [2.05, 4.69) is 4.98 Å². The number of piperazine rings is 1. The maximum Gasteiger partial charge on any atom is 0.260 e. The molecule has 0 radical (unpaired) electrons. The third-order valence-corrected chi connectivity index (χ3v) is 4.37. The second kappa shape index (κ2) is 5.58. The standard InChI is InChI=1S/C15H19F2N3O/c16-12-4-3-5-13(18-12)19-8-10-20(11-9-19)14(21)15(17)6-1-2-7-15/h3-5H,1-2,6-11H2. The molecule has 0 unspecified atom stereocenters. The van der Waals surface area contributed by atoms with Crippen molar-refractivity contribution in [3.05, 3.63) is 24.1 Å². The summed E-state index contributed by atoms with van der Waals surface area (Å²) < 4.78 is 27.6. The summed E-state index contributed by atoms with van der Waals surface area (Å²) in [5, 5.41) is 0. The summed E-state index contributed by atoms with van der Waals surface area (Å²) in [6, 6.07) is 4.66. The molecule has 0 bridgehead atoms. The molecule has 21 heavy (non-hydrogen) atoms. The number of hydrogen-bond acceptors (Lipinski definition) is 3. The molecule has 0 aromatic carbocycles. The number of pyridine rings is 1. The van der Waals surface area contributed by atoms with Gasteiger partial charge in [-0.2, -0.15) is 4.39 Å². The minimum atomic E-state index is -1.65. The van der Waals surface area contributed by atoms with E-state index in [-0.39, 0.29) is 5.91 Å². The van der Waals surface area contributed by atoms with Gasteiger partial charge >= 0.3 is 0 Å². The van der Waals surface area contributed by atoms with E-state index >= 15 is 0 Å². The molecule has 6 heteroatoms. The molecule has 1 amide bonds. The Hall–Kier alpha value is -1.72. The summed E-state index contributed by atoms with van der Waals surface area (Å²) in [5.41, 5.74) is -1.65. The molecule has 1 saturated heterocycles. The first-order chi connectivity index (χ1) is 10.1. The number of aromatic nitrogens is 1. The third kappa shape index (κ3) is 2.84. The first-order valence-corrected chi connectivity index (χ1v) is 7.44. The van der Waals surface area contributed by atoms with Gasteiger partial charge in [0.2, 0.25) is 5.95 Å². The van der Waals surface area contributed by atoms with Gasteiger partial charge in [-0.25, -0.2) is 9.37 Å². The summed E-state index contributed by atoms with van der Waals surface area (Å²) in [6.45, 7) is 2.03. The highest BCUT2D eigenvalue weighted by atomic mass is 19.1. The zero-order valence-electron chi connectivity index (χ0n) is 11.9. The van der Waals surface area contributed by atoms with Gasteiger partial charge in [0.1, 0.15) is 5.82 Å². The Kier molecular flexibility index (Phi) is 3.78. The average molecular weight is 295 g/mol. The van der Waals surface area contributed by atoms with Crippen LogP contribution in [-0.2, 0) is 4.79 Å². The number of rotatable bonds is 2. The normalized spacial score (nSPS) is 21.6. The van der Waals surface area contributed by atoms with Crippen LogP contribution in [0.3, 0.4) is 0 Å². The molecule has 1 aliphatic heterocycles. The number of nitrogens with zero attached hydrogens (tertiary/aromatic N) is 3. The van der Waals surface area contributed by atoms with Gasteiger partial charge < -0.3 is 9.80 Å². The van der Waals surface area contributed by atoms with Crippen LogP contribution in [0, 0.1) is 5.95 Å². The van der Waals surface area contributed by atoms with E-state index in [0.717, 1.165) is 12.8 Å². The second-order valence-electron chi connectivity index (χ2n) is 5.77. The number of alkyl halides is 1. The van der Waals surface area contributed by atoms with Crippen molar-refractivity contribution in [1.82, 2.24) is 9.88 Å². The van der Waals surface area contributed by atoms with Crippen LogP contribution in [0.4, 0.5) is 14.6 Å². The third-order valence-electron chi connectivity index (χ3n) is 4.37. The highest BCUT2D eigenvalue weighted by molar-refractivity contribution is 5.85. The number of anilines is 1. The molecule has 1 aliphatic carbocycles. The van der Waals surface area contributed by atoms with Crippen LogP contribution in [0.25, 0.3) is 0 Å². The molecule has 1 aromatic heterocycles. The van der Waals surface area contributed by atoms with Gasteiger partial charge in [-0.1, -0.05) is 6.07 Å². The lowest BCUT2D eigenvalue weighted by Gasteiger charge is -2.37. The van der Waals surface area contributed by atoms with Crippen LogP contribution in [0.1, 0.15) is 25.7 Å². The highest BCUT2D eigenvalue weighted by Crippen LogP contribution is 2.35. The van der Waals surface area contributed by atoms with Crippen molar-refractivity contribution in [3.8, 4) is 0 Å². The first kappa shape index (κ1) is 14.2. The minimum absolute atomic E-state index is 0.345. The largest absolute Gasteiger partial charge is 0.353 e. The number of carbonyl (C=O) groups is 1. The average Bonchev–Trinajstić information content (AvgIpc) is 2.95. The Labute approximate surface area is 122 Å². The zero-order chi connectivity index (χ0) is 14.9. The van der Waals surface area contributed by atoms with Crippen molar-refractivity contribution < 1.29 is 13.6 Å². The molecule has 1 aromatic rings. The monoisotopic (exact) mass is 295 g/mol. The van der Waals surface area contributed by atoms with Crippen LogP contribution in [0.2, 0.25) is 0 Å². The molecular weight excluding hydrogens is 276 g/mol. The Morgan fingerprint density at radius 2 is 1.81 bits per heavy atom. The van der Waals surface area contributed by atoms with Crippen molar-refractivity contribution >= 4 is 11.7 Å². The first-order valence-electron chi connectivity index (χ1n) is 7.44. The maximum atomic E-state index is 14.5. The molecule has 2 heterocycles. The molecular formula is C15H19F2N3O.